The molecule has 0 unspecified atom stereocenters. The van der Waals surface area contributed by atoms with Crippen molar-refractivity contribution in [2.75, 3.05) is 14.2 Å². The van der Waals surface area contributed by atoms with E-state index in [0.717, 1.165) is 0 Å². The van der Waals surface area contributed by atoms with Crippen molar-refractivity contribution in [1.29, 1.82) is 0 Å². The van der Waals surface area contributed by atoms with Crippen molar-refractivity contribution in [3.8, 4) is 22.9 Å². The third-order valence-corrected chi connectivity index (χ3v) is 3.33. The Morgan fingerprint density at radius 2 is 2.00 bits per heavy atom. The lowest BCUT2D eigenvalue weighted by atomic mass is 10.2. The van der Waals surface area contributed by atoms with Gasteiger partial charge in [0.05, 0.1) is 19.8 Å². The van der Waals surface area contributed by atoms with Gasteiger partial charge >= 0.3 is 5.97 Å². The molecule has 0 bridgehead atoms. The molecule has 2 heterocycles. The molecule has 0 spiro atoms. The second kappa shape index (κ2) is 7.43. The van der Waals surface area contributed by atoms with Crippen molar-refractivity contribution in [2.24, 2.45) is 0 Å². The predicted octanol–water partition coefficient (Wildman–Crippen LogP) is 2.51. The minimum absolute atomic E-state index is 0.131. The van der Waals surface area contributed by atoms with Crippen molar-refractivity contribution in [3.63, 3.8) is 0 Å². The number of carbonyl (C=O) groups excluding carboxylic acids is 1. The molecule has 0 fully saturated rings. The minimum atomic E-state index is -0.515. The van der Waals surface area contributed by atoms with Crippen LogP contribution in [0, 0.1) is 0 Å². The molecule has 2 aromatic heterocycles. The Morgan fingerprint density at radius 3 is 2.72 bits per heavy atom. The number of ether oxygens (including phenoxy) is 3. The Labute approximate surface area is 143 Å². The topological polar surface area (TPSA) is 96.6 Å². The molecule has 0 saturated heterocycles. The Balaban J connectivity index is 1.69. The molecule has 0 atom stereocenters. The number of hydrogen-bond donors (Lipinski definition) is 0. The second-order valence-corrected chi connectivity index (χ2v) is 4.90. The lowest BCUT2D eigenvalue weighted by molar-refractivity contribution is 0.0429. The Hall–Kier alpha value is -3.42. The summed E-state index contributed by atoms with van der Waals surface area (Å²) >= 11 is 0. The summed E-state index contributed by atoms with van der Waals surface area (Å²) in [6, 6.07) is 8.51. The van der Waals surface area contributed by atoms with E-state index in [1.54, 1.807) is 50.7 Å². The van der Waals surface area contributed by atoms with Gasteiger partial charge in [0.2, 0.25) is 5.82 Å². The summed E-state index contributed by atoms with van der Waals surface area (Å²) in [5.74, 6) is 1.17. The maximum absolute atomic E-state index is 11.9. The molecule has 0 N–H and O–H groups in total. The van der Waals surface area contributed by atoms with Crippen LogP contribution in [0.5, 0.6) is 11.5 Å². The average molecular weight is 341 g/mol. The van der Waals surface area contributed by atoms with E-state index in [-0.39, 0.29) is 12.5 Å². The first kappa shape index (κ1) is 16.4. The quantitative estimate of drug-likeness (QED) is 0.631. The number of rotatable bonds is 6. The maximum atomic E-state index is 11.9. The Morgan fingerprint density at radius 1 is 1.16 bits per heavy atom. The first-order valence-electron chi connectivity index (χ1n) is 7.33. The van der Waals surface area contributed by atoms with Crippen LogP contribution in [0.1, 0.15) is 16.2 Å². The molecule has 3 rings (SSSR count). The zero-order valence-electron chi connectivity index (χ0n) is 13.6. The molecule has 25 heavy (non-hydrogen) atoms. The van der Waals surface area contributed by atoms with Gasteiger partial charge in [0.25, 0.3) is 5.89 Å². The van der Waals surface area contributed by atoms with Crippen LogP contribution in [0.3, 0.4) is 0 Å². The zero-order valence-corrected chi connectivity index (χ0v) is 13.6. The number of aromatic nitrogens is 3. The van der Waals surface area contributed by atoms with Gasteiger partial charge in [-0.05, 0) is 30.3 Å². The van der Waals surface area contributed by atoms with Gasteiger partial charge < -0.3 is 18.7 Å². The summed E-state index contributed by atoms with van der Waals surface area (Å²) in [6.45, 7) is -0.131. The third-order valence-electron chi connectivity index (χ3n) is 3.33. The van der Waals surface area contributed by atoms with Crippen molar-refractivity contribution in [2.45, 2.75) is 6.61 Å². The molecule has 1 aromatic carbocycles. The summed E-state index contributed by atoms with van der Waals surface area (Å²) in [7, 11) is 3.10. The summed E-state index contributed by atoms with van der Waals surface area (Å²) in [4.78, 5) is 19.9. The number of pyridine rings is 1. The van der Waals surface area contributed by atoms with Crippen LogP contribution in [0.15, 0.2) is 47.2 Å². The van der Waals surface area contributed by atoms with Crippen LogP contribution < -0.4 is 9.47 Å². The summed E-state index contributed by atoms with van der Waals surface area (Å²) in [5, 5.41) is 3.88. The molecule has 0 aliphatic rings. The Bertz CT molecular complexity index is 864. The van der Waals surface area contributed by atoms with Gasteiger partial charge in [-0.25, -0.2) is 4.79 Å². The predicted molar refractivity (Wildman–Crippen MR) is 86.2 cm³/mol. The van der Waals surface area contributed by atoms with Crippen LogP contribution in [0.25, 0.3) is 11.4 Å². The normalized spacial score (nSPS) is 10.3. The van der Waals surface area contributed by atoms with Crippen molar-refractivity contribution >= 4 is 5.97 Å². The Kier molecular flexibility index (Phi) is 4.89. The lowest BCUT2D eigenvalue weighted by Crippen LogP contribution is -2.05. The fourth-order valence-electron chi connectivity index (χ4n) is 2.10. The van der Waals surface area contributed by atoms with Crippen LogP contribution in [-0.2, 0) is 11.3 Å². The van der Waals surface area contributed by atoms with Crippen LogP contribution >= 0.6 is 0 Å². The second-order valence-electron chi connectivity index (χ2n) is 4.90. The summed E-state index contributed by atoms with van der Waals surface area (Å²) in [5.41, 5.74) is 1.04. The van der Waals surface area contributed by atoms with E-state index in [1.807, 2.05) is 0 Å². The van der Waals surface area contributed by atoms with E-state index in [4.69, 9.17) is 18.7 Å². The largest absolute Gasteiger partial charge is 0.493 e. The van der Waals surface area contributed by atoms with E-state index in [9.17, 15) is 4.79 Å². The molecule has 0 radical (unpaired) electrons. The SMILES string of the molecule is COc1ccc(-c2noc(COC(=O)c3cccnc3)n2)cc1OC. The smallest absolute Gasteiger partial charge is 0.340 e. The van der Waals surface area contributed by atoms with Crippen molar-refractivity contribution in [1.82, 2.24) is 15.1 Å². The molecule has 8 heteroatoms. The van der Waals surface area contributed by atoms with Gasteiger partial charge in [-0.15, -0.1) is 0 Å². The van der Waals surface area contributed by atoms with Gasteiger partial charge in [-0.1, -0.05) is 5.16 Å². The third kappa shape index (κ3) is 3.74. The van der Waals surface area contributed by atoms with E-state index in [0.29, 0.717) is 28.5 Å². The highest BCUT2D eigenvalue weighted by Gasteiger charge is 2.14. The van der Waals surface area contributed by atoms with Gasteiger partial charge in [-0.3, -0.25) is 4.98 Å². The number of methoxy groups -OCH3 is 2. The average Bonchev–Trinajstić information content (AvgIpc) is 3.15. The number of esters is 1. The highest BCUT2D eigenvalue weighted by molar-refractivity contribution is 5.88. The molecule has 0 aliphatic carbocycles. The van der Waals surface area contributed by atoms with Gasteiger partial charge in [0, 0.05) is 18.0 Å². The highest BCUT2D eigenvalue weighted by Crippen LogP contribution is 2.31. The molecule has 8 nitrogen and oxygen atoms in total. The van der Waals surface area contributed by atoms with E-state index in [1.165, 1.54) is 6.20 Å². The van der Waals surface area contributed by atoms with Gasteiger partial charge in [-0.2, -0.15) is 4.98 Å². The minimum Gasteiger partial charge on any atom is -0.493 e. The number of nitrogens with zero attached hydrogens (tertiary/aromatic N) is 3. The summed E-state index contributed by atoms with van der Waals surface area (Å²) < 4.78 is 20.7. The molecule has 3 aromatic rings. The molecular weight excluding hydrogens is 326 g/mol. The molecular formula is C17H15N3O5. The number of carbonyl (C=O) groups is 1. The standard InChI is InChI=1S/C17H15N3O5/c1-22-13-6-5-11(8-14(13)23-2)16-19-15(25-20-16)10-24-17(21)12-4-3-7-18-9-12/h3-9H,10H2,1-2H3. The highest BCUT2D eigenvalue weighted by atomic mass is 16.6. The first-order valence-corrected chi connectivity index (χ1v) is 7.33. The van der Waals surface area contributed by atoms with Crippen LogP contribution in [0.4, 0.5) is 0 Å². The fourth-order valence-corrected chi connectivity index (χ4v) is 2.10. The first-order chi connectivity index (χ1) is 12.2. The molecule has 0 amide bonds. The van der Waals surface area contributed by atoms with Gasteiger partial charge in [0.1, 0.15) is 0 Å². The van der Waals surface area contributed by atoms with Crippen LogP contribution in [-0.4, -0.2) is 35.3 Å². The van der Waals surface area contributed by atoms with E-state index < -0.39 is 5.97 Å². The maximum Gasteiger partial charge on any atom is 0.340 e. The van der Waals surface area contributed by atoms with Crippen molar-refractivity contribution < 1.29 is 23.5 Å². The lowest BCUT2D eigenvalue weighted by Gasteiger charge is -2.07. The number of hydrogen-bond acceptors (Lipinski definition) is 8. The van der Waals surface area contributed by atoms with Crippen LogP contribution in [0.2, 0.25) is 0 Å². The molecule has 0 aliphatic heterocycles. The zero-order chi connectivity index (χ0) is 17.6. The molecule has 0 saturated carbocycles. The van der Waals surface area contributed by atoms with Crippen molar-refractivity contribution in [3.05, 3.63) is 54.2 Å². The van der Waals surface area contributed by atoms with Gasteiger partial charge in [0.15, 0.2) is 18.1 Å². The van der Waals surface area contributed by atoms with E-state index in [2.05, 4.69) is 15.1 Å². The van der Waals surface area contributed by atoms with E-state index >= 15 is 0 Å². The number of benzene rings is 1. The monoisotopic (exact) mass is 341 g/mol. The molecule has 128 valence electrons. The fraction of sp³-hybridized carbons (Fsp3) is 0.176. The summed E-state index contributed by atoms with van der Waals surface area (Å²) in [6.07, 6.45) is 3.00.